The zero-order valence-corrected chi connectivity index (χ0v) is 19.7. The normalized spacial score (nSPS) is 11.0. The van der Waals surface area contributed by atoms with Crippen LogP contribution in [-0.4, -0.2) is 43.9 Å². The third kappa shape index (κ3) is 8.49. The highest BCUT2D eigenvalue weighted by Gasteiger charge is 2.31. The molecule has 13 heteroatoms. The third-order valence-electron chi connectivity index (χ3n) is 4.70. The number of carbonyl (C=O) groups is 2. The first-order chi connectivity index (χ1) is 17.1. The van der Waals surface area contributed by atoms with Crippen LogP contribution >= 0.6 is 0 Å². The van der Waals surface area contributed by atoms with Crippen LogP contribution in [0.5, 0.6) is 5.75 Å². The number of hydrogen-bond acceptors (Lipinski definition) is 5. The fourth-order valence-corrected chi connectivity index (χ4v) is 3.06. The predicted molar refractivity (Wildman–Crippen MR) is 127 cm³/mol. The van der Waals surface area contributed by atoms with Gasteiger partial charge in [-0.15, -0.1) is 13.2 Å². The maximum absolute atomic E-state index is 12.7. The average Bonchev–Trinajstić information content (AvgIpc) is 3.45. The van der Waals surface area contributed by atoms with Crippen LogP contribution < -0.4 is 20.7 Å². The van der Waals surface area contributed by atoms with Gasteiger partial charge in [0.25, 0.3) is 5.91 Å². The van der Waals surface area contributed by atoms with Gasteiger partial charge in [-0.1, -0.05) is 11.6 Å². The number of nitrogens with one attached hydrogen (secondary N) is 3. The Bertz CT molecular complexity index is 1180. The number of rotatable bonds is 10. The van der Waals surface area contributed by atoms with Gasteiger partial charge in [-0.05, 0) is 44.5 Å². The molecular formula is C23H26F3N7O3. The van der Waals surface area contributed by atoms with Crippen LogP contribution in [0.2, 0.25) is 0 Å². The van der Waals surface area contributed by atoms with Crippen LogP contribution in [0.1, 0.15) is 30.9 Å². The number of allylic oxidation sites excluding steroid dienone is 2. The van der Waals surface area contributed by atoms with E-state index in [1.54, 1.807) is 17.1 Å². The summed E-state index contributed by atoms with van der Waals surface area (Å²) in [5.74, 6) is -0.544. The highest BCUT2D eigenvalue weighted by atomic mass is 19.4. The van der Waals surface area contributed by atoms with Crippen molar-refractivity contribution in [3.8, 4) is 5.75 Å². The molecule has 0 aliphatic heterocycles. The van der Waals surface area contributed by atoms with Crippen molar-refractivity contribution in [2.24, 2.45) is 0 Å². The number of aryl methyl sites for hydroxylation is 1. The SMILES string of the molecule is CC(C)=CCn1cc(NC(=O)Nc2ccc(OC(F)(F)F)cc2)nc1C(=O)NCCCn1ccnc1. The molecule has 2 heterocycles. The Morgan fingerprint density at radius 1 is 1.14 bits per heavy atom. The van der Waals surface area contributed by atoms with Crippen LogP contribution in [0.15, 0.2) is 60.8 Å². The number of carbonyl (C=O) groups excluding carboxylic acids is 2. The molecule has 0 unspecified atom stereocenters. The maximum atomic E-state index is 12.7. The smallest absolute Gasteiger partial charge is 0.406 e. The summed E-state index contributed by atoms with van der Waals surface area (Å²) >= 11 is 0. The van der Waals surface area contributed by atoms with Crippen molar-refractivity contribution in [3.05, 3.63) is 66.7 Å². The molecule has 0 saturated carbocycles. The minimum absolute atomic E-state index is 0.124. The second kappa shape index (κ2) is 11.9. The molecule has 192 valence electrons. The molecule has 3 amide bonds. The number of imidazole rings is 2. The number of nitrogens with zero attached hydrogens (tertiary/aromatic N) is 4. The first kappa shape index (κ1) is 26.3. The number of amides is 3. The Morgan fingerprint density at radius 3 is 2.53 bits per heavy atom. The average molecular weight is 506 g/mol. The molecule has 36 heavy (non-hydrogen) atoms. The van der Waals surface area contributed by atoms with Gasteiger partial charge in [0, 0.05) is 43.9 Å². The van der Waals surface area contributed by atoms with Gasteiger partial charge in [0.05, 0.1) is 6.33 Å². The van der Waals surface area contributed by atoms with Crippen LogP contribution in [0.4, 0.5) is 29.5 Å². The molecule has 0 spiro atoms. The lowest BCUT2D eigenvalue weighted by Crippen LogP contribution is -2.28. The van der Waals surface area contributed by atoms with E-state index in [9.17, 15) is 22.8 Å². The van der Waals surface area contributed by atoms with E-state index in [1.165, 1.54) is 18.3 Å². The van der Waals surface area contributed by atoms with E-state index in [4.69, 9.17) is 0 Å². The summed E-state index contributed by atoms with van der Waals surface area (Å²) in [5, 5.41) is 7.84. The Kier molecular flexibility index (Phi) is 8.71. The Labute approximate surface area is 205 Å². The monoisotopic (exact) mass is 505 g/mol. The van der Waals surface area contributed by atoms with E-state index in [2.05, 4.69) is 30.7 Å². The van der Waals surface area contributed by atoms with E-state index in [-0.39, 0.29) is 17.3 Å². The summed E-state index contributed by atoms with van der Waals surface area (Å²) < 4.78 is 44.2. The molecule has 1 aromatic carbocycles. The molecule has 3 N–H and O–H groups in total. The lowest BCUT2D eigenvalue weighted by molar-refractivity contribution is -0.274. The summed E-state index contributed by atoms with van der Waals surface area (Å²) in [4.78, 5) is 33.3. The van der Waals surface area contributed by atoms with Gasteiger partial charge in [0.1, 0.15) is 5.75 Å². The first-order valence-corrected chi connectivity index (χ1v) is 11.0. The molecule has 0 bridgehead atoms. The molecule has 3 rings (SSSR count). The number of aromatic nitrogens is 4. The van der Waals surface area contributed by atoms with Crippen LogP contribution in [-0.2, 0) is 13.1 Å². The number of urea groups is 1. The van der Waals surface area contributed by atoms with Crippen LogP contribution in [0.3, 0.4) is 0 Å². The summed E-state index contributed by atoms with van der Waals surface area (Å²) in [6, 6.07) is 3.99. The second-order valence-corrected chi connectivity index (χ2v) is 7.94. The van der Waals surface area contributed by atoms with Crippen LogP contribution in [0.25, 0.3) is 0 Å². The fourth-order valence-electron chi connectivity index (χ4n) is 3.06. The highest BCUT2D eigenvalue weighted by Crippen LogP contribution is 2.24. The third-order valence-corrected chi connectivity index (χ3v) is 4.70. The second-order valence-electron chi connectivity index (χ2n) is 7.94. The van der Waals surface area contributed by atoms with Crippen LogP contribution in [0, 0.1) is 0 Å². The molecule has 0 aliphatic carbocycles. The van der Waals surface area contributed by atoms with Gasteiger partial charge < -0.3 is 24.5 Å². The van der Waals surface area contributed by atoms with E-state index in [1.807, 2.05) is 30.7 Å². The largest absolute Gasteiger partial charge is 0.573 e. The van der Waals surface area contributed by atoms with Gasteiger partial charge in [-0.25, -0.2) is 14.8 Å². The number of hydrogen-bond donors (Lipinski definition) is 3. The van der Waals surface area contributed by atoms with Gasteiger partial charge in [-0.2, -0.15) is 0 Å². The maximum Gasteiger partial charge on any atom is 0.573 e. The molecular weight excluding hydrogens is 479 g/mol. The Morgan fingerprint density at radius 2 is 1.89 bits per heavy atom. The van der Waals surface area contributed by atoms with E-state index >= 15 is 0 Å². The predicted octanol–water partition coefficient (Wildman–Crippen LogP) is 4.41. The standard InChI is InChI=1S/C23H26F3N7O3/c1-16(2)8-12-33-14-19(30-20(33)21(34)28-9-3-11-32-13-10-27-15-32)31-22(35)29-17-4-6-18(7-5-17)36-23(24,25)26/h4-8,10,13-15H,3,9,11-12H2,1-2H3,(H,28,34)(H2,29,31,35). The number of benzene rings is 1. The van der Waals surface area contributed by atoms with Crippen molar-refractivity contribution < 1.29 is 27.5 Å². The van der Waals surface area contributed by atoms with Gasteiger partial charge >= 0.3 is 12.4 Å². The molecule has 10 nitrogen and oxygen atoms in total. The molecule has 0 radical (unpaired) electrons. The molecule has 2 aromatic heterocycles. The summed E-state index contributed by atoms with van der Waals surface area (Å²) in [7, 11) is 0. The lowest BCUT2D eigenvalue weighted by Gasteiger charge is -2.10. The zero-order valence-electron chi connectivity index (χ0n) is 19.7. The molecule has 0 fully saturated rings. The summed E-state index contributed by atoms with van der Waals surface area (Å²) in [6.45, 7) is 5.33. The highest BCUT2D eigenvalue weighted by molar-refractivity contribution is 5.99. The molecule has 0 aliphatic rings. The Hall–Kier alpha value is -4.29. The van der Waals surface area contributed by atoms with E-state index in [0.717, 1.165) is 17.7 Å². The minimum atomic E-state index is -4.80. The van der Waals surface area contributed by atoms with Gasteiger partial charge in [0.15, 0.2) is 5.82 Å². The van der Waals surface area contributed by atoms with Crippen molar-refractivity contribution in [2.75, 3.05) is 17.2 Å². The number of ether oxygens (including phenoxy) is 1. The van der Waals surface area contributed by atoms with Crippen molar-refractivity contribution in [2.45, 2.75) is 39.7 Å². The van der Waals surface area contributed by atoms with Gasteiger partial charge in [-0.3, -0.25) is 10.1 Å². The van der Waals surface area contributed by atoms with E-state index in [0.29, 0.717) is 26.1 Å². The summed E-state index contributed by atoms with van der Waals surface area (Å²) in [5.41, 5.74) is 1.28. The molecule has 0 saturated heterocycles. The number of alkyl halides is 3. The number of anilines is 2. The van der Waals surface area contributed by atoms with Crippen molar-refractivity contribution >= 4 is 23.4 Å². The van der Waals surface area contributed by atoms with Crippen molar-refractivity contribution in [1.29, 1.82) is 0 Å². The summed E-state index contributed by atoms with van der Waals surface area (Å²) in [6.07, 6.45) is 4.54. The fraction of sp³-hybridized carbons (Fsp3) is 0.304. The topological polar surface area (TPSA) is 115 Å². The quantitative estimate of drug-likeness (QED) is 0.279. The molecule has 0 atom stereocenters. The number of halogens is 3. The first-order valence-electron chi connectivity index (χ1n) is 11.0. The van der Waals surface area contributed by atoms with Gasteiger partial charge in [0.2, 0.25) is 5.82 Å². The lowest BCUT2D eigenvalue weighted by atomic mass is 10.3. The van der Waals surface area contributed by atoms with Crippen molar-refractivity contribution in [1.82, 2.24) is 24.4 Å². The van der Waals surface area contributed by atoms with Crippen molar-refractivity contribution in [3.63, 3.8) is 0 Å². The minimum Gasteiger partial charge on any atom is -0.406 e. The zero-order chi connectivity index (χ0) is 26.1. The Balaban J connectivity index is 1.60. The van der Waals surface area contributed by atoms with E-state index < -0.39 is 24.1 Å². The molecule has 3 aromatic rings.